The molecule has 0 aliphatic carbocycles. The Bertz CT molecular complexity index is 527. The van der Waals surface area contributed by atoms with Gasteiger partial charge < -0.3 is 14.8 Å². The molecule has 0 atom stereocenters. The lowest BCUT2D eigenvalue weighted by Crippen LogP contribution is -2.05. The third kappa shape index (κ3) is 2.88. The molecule has 0 aromatic carbocycles. The van der Waals surface area contributed by atoms with Crippen LogP contribution in [0.15, 0.2) is 6.07 Å². The number of ether oxygens (including phenoxy) is 2. The lowest BCUT2D eigenvalue weighted by molar-refractivity contribution is 0.171. The maximum Gasteiger partial charge on any atom is 0.227 e. The highest BCUT2D eigenvalue weighted by Gasteiger charge is 2.10. The van der Waals surface area contributed by atoms with Crippen LogP contribution in [0.4, 0.5) is 5.95 Å². The number of hydrogen-bond acceptors (Lipinski definition) is 6. The molecule has 6 heteroatoms. The summed E-state index contributed by atoms with van der Waals surface area (Å²) < 4.78 is 10.7. The quantitative estimate of drug-likeness (QED) is 0.815. The van der Waals surface area contributed by atoms with E-state index < -0.39 is 0 Å². The van der Waals surface area contributed by atoms with Gasteiger partial charge in [0.15, 0.2) is 0 Å². The molecule has 0 aliphatic heterocycles. The summed E-state index contributed by atoms with van der Waals surface area (Å²) in [6.45, 7) is 3.34. The van der Waals surface area contributed by atoms with Gasteiger partial charge in [-0.1, -0.05) is 0 Å². The molecule has 0 unspecified atom stereocenters. The van der Waals surface area contributed by atoms with Crippen molar-refractivity contribution in [1.29, 1.82) is 0 Å². The first-order valence-corrected chi connectivity index (χ1v) is 6.64. The predicted molar refractivity (Wildman–Crippen MR) is 73.7 cm³/mol. The van der Waals surface area contributed by atoms with Crippen LogP contribution in [-0.4, -0.2) is 37.3 Å². The van der Waals surface area contributed by atoms with Crippen molar-refractivity contribution in [2.24, 2.45) is 0 Å². The Hall–Kier alpha value is -1.40. The van der Waals surface area contributed by atoms with Gasteiger partial charge in [-0.3, -0.25) is 0 Å². The minimum atomic E-state index is 0.589. The second-order valence-electron chi connectivity index (χ2n) is 3.87. The van der Waals surface area contributed by atoms with E-state index in [-0.39, 0.29) is 0 Å². The van der Waals surface area contributed by atoms with E-state index in [1.807, 2.05) is 0 Å². The number of nitrogens with one attached hydrogen (secondary N) is 1. The Morgan fingerprint density at radius 2 is 2.17 bits per heavy atom. The first-order chi connectivity index (χ1) is 8.74. The second kappa shape index (κ2) is 5.97. The maximum atomic E-state index is 5.71. The summed E-state index contributed by atoms with van der Waals surface area (Å²) in [4.78, 5) is 10.9. The largest absolute Gasteiger partial charge is 0.477 e. The van der Waals surface area contributed by atoms with Crippen LogP contribution >= 0.6 is 11.3 Å². The van der Waals surface area contributed by atoms with Gasteiger partial charge in [-0.05, 0) is 13.0 Å². The molecule has 98 valence electrons. The number of hydrogen-bond donors (Lipinski definition) is 1. The Kier molecular flexibility index (Phi) is 4.33. The van der Waals surface area contributed by atoms with Crippen molar-refractivity contribution in [3.8, 4) is 5.88 Å². The molecule has 2 aromatic rings. The normalized spacial score (nSPS) is 10.8. The number of thiophene rings is 1. The number of aryl methyl sites for hydroxylation is 1. The highest BCUT2D eigenvalue weighted by atomic mass is 32.1. The van der Waals surface area contributed by atoms with Gasteiger partial charge >= 0.3 is 0 Å². The number of methoxy groups -OCH3 is 1. The van der Waals surface area contributed by atoms with Gasteiger partial charge in [-0.15, -0.1) is 11.3 Å². The van der Waals surface area contributed by atoms with E-state index in [9.17, 15) is 0 Å². The Balaban J connectivity index is 2.23. The molecule has 0 aliphatic rings. The van der Waals surface area contributed by atoms with Crippen molar-refractivity contribution in [3.05, 3.63) is 10.9 Å². The SMILES string of the molecule is CNc1nc(OCCCOC)c2cc(C)sc2n1. The van der Waals surface area contributed by atoms with Crippen molar-refractivity contribution < 1.29 is 9.47 Å². The molecular weight excluding hydrogens is 250 g/mol. The topological polar surface area (TPSA) is 56.3 Å². The highest BCUT2D eigenvalue weighted by molar-refractivity contribution is 7.18. The summed E-state index contributed by atoms with van der Waals surface area (Å²) in [5.41, 5.74) is 0. The average Bonchev–Trinajstić information content (AvgIpc) is 2.74. The number of nitrogens with zero attached hydrogens (tertiary/aromatic N) is 2. The molecule has 2 heterocycles. The van der Waals surface area contributed by atoms with E-state index in [2.05, 4.69) is 28.3 Å². The lowest BCUT2D eigenvalue weighted by Gasteiger charge is -2.07. The van der Waals surface area contributed by atoms with Crippen LogP contribution in [0.3, 0.4) is 0 Å². The zero-order valence-electron chi connectivity index (χ0n) is 10.8. The standard InChI is InChI=1S/C12H17N3O2S/c1-8-7-9-10(17-6-4-5-16-3)14-12(13-2)15-11(9)18-8/h7H,4-6H2,1-3H3,(H,13,14,15). The second-order valence-corrected chi connectivity index (χ2v) is 5.11. The van der Waals surface area contributed by atoms with E-state index in [0.29, 0.717) is 25.0 Å². The van der Waals surface area contributed by atoms with Gasteiger partial charge in [-0.2, -0.15) is 4.98 Å². The molecule has 0 radical (unpaired) electrons. The highest BCUT2D eigenvalue weighted by Crippen LogP contribution is 2.30. The molecule has 0 spiro atoms. The van der Waals surface area contributed by atoms with Gasteiger partial charge in [0.2, 0.25) is 11.8 Å². The summed E-state index contributed by atoms with van der Waals surface area (Å²) >= 11 is 1.64. The Morgan fingerprint density at radius 1 is 1.33 bits per heavy atom. The molecule has 0 bridgehead atoms. The van der Waals surface area contributed by atoms with Gasteiger partial charge in [0.1, 0.15) is 4.83 Å². The molecule has 0 fully saturated rings. The van der Waals surface area contributed by atoms with Crippen LogP contribution in [0.5, 0.6) is 5.88 Å². The van der Waals surface area contributed by atoms with Crippen LogP contribution in [0.25, 0.3) is 10.2 Å². The summed E-state index contributed by atoms with van der Waals surface area (Å²) in [6.07, 6.45) is 0.847. The fourth-order valence-corrected chi connectivity index (χ4v) is 2.48. The molecule has 5 nitrogen and oxygen atoms in total. The Labute approximate surface area is 110 Å². The summed E-state index contributed by atoms with van der Waals surface area (Å²) in [7, 11) is 3.49. The lowest BCUT2D eigenvalue weighted by atomic mass is 10.3. The van der Waals surface area contributed by atoms with Crippen molar-refractivity contribution >= 4 is 27.5 Å². The van der Waals surface area contributed by atoms with Crippen molar-refractivity contribution in [3.63, 3.8) is 0 Å². The van der Waals surface area contributed by atoms with Crippen molar-refractivity contribution in [2.45, 2.75) is 13.3 Å². The van der Waals surface area contributed by atoms with Gasteiger partial charge in [-0.25, -0.2) is 4.98 Å². The van der Waals surface area contributed by atoms with E-state index in [1.54, 1.807) is 25.5 Å². The third-order valence-electron chi connectivity index (χ3n) is 2.44. The van der Waals surface area contributed by atoms with Crippen molar-refractivity contribution in [2.75, 3.05) is 32.7 Å². The molecule has 2 aromatic heterocycles. The fourth-order valence-electron chi connectivity index (χ4n) is 1.61. The monoisotopic (exact) mass is 267 g/mol. The molecule has 0 amide bonds. The zero-order valence-corrected chi connectivity index (χ0v) is 11.6. The maximum absolute atomic E-state index is 5.71. The van der Waals surface area contributed by atoms with Crippen LogP contribution in [0.2, 0.25) is 0 Å². The molecule has 0 saturated carbocycles. The van der Waals surface area contributed by atoms with Crippen LogP contribution in [0, 0.1) is 6.92 Å². The zero-order chi connectivity index (χ0) is 13.0. The van der Waals surface area contributed by atoms with Crippen molar-refractivity contribution in [1.82, 2.24) is 9.97 Å². The smallest absolute Gasteiger partial charge is 0.227 e. The molecule has 1 N–H and O–H groups in total. The minimum absolute atomic E-state index is 0.589. The number of anilines is 1. The fraction of sp³-hybridized carbons (Fsp3) is 0.500. The first kappa shape index (κ1) is 13.0. The minimum Gasteiger partial charge on any atom is -0.477 e. The Morgan fingerprint density at radius 3 is 2.89 bits per heavy atom. The molecule has 2 rings (SSSR count). The van der Waals surface area contributed by atoms with E-state index in [4.69, 9.17) is 9.47 Å². The number of rotatable bonds is 6. The molecule has 0 saturated heterocycles. The first-order valence-electron chi connectivity index (χ1n) is 5.82. The van der Waals surface area contributed by atoms with E-state index in [1.165, 1.54) is 4.88 Å². The summed E-state index contributed by atoms with van der Waals surface area (Å²) in [5.74, 6) is 1.23. The van der Waals surface area contributed by atoms with Gasteiger partial charge in [0, 0.05) is 32.1 Å². The van der Waals surface area contributed by atoms with Gasteiger partial charge in [0.05, 0.1) is 12.0 Å². The third-order valence-corrected chi connectivity index (χ3v) is 3.38. The average molecular weight is 267 g/mol. The summed E-state index contributed by atoms with van der Waals surface area (Å²) in [5, 5.41) is 3.93. The number of fused-ring (bicyclic) bond motifs is 1. The van der Waals surface area contributed by atoms with Crippen LogP contribution < -0.4 is 10.1 Å². The van der Waals surface area contributed by atoms with E-state index >= 15 is 0 Å². The predicted octanol–water partition coefficient (Wildman–Crippen LogP) is 2.46. The van der Waals surface area contributed by atoms with E-state index in [0.717, 1.165) is 16.6 Å². The number of aromatic nitrogens is 2. The molecule has 18 heavy (non-hydrogen) atoms. The molecular formula is C12H17N3O2S. The van der Waals surface area contributed by atoms with Crippen LogP contribution in [-0.2, 0) is 4.74 Å². The van der Waals surface area contributed by atoms with Crippen LogP contribution in [0.1, 0.15) is 11.3 Å². The van der Waals surface area contributed by atoms with Gasteiger partial charge in [0.25, 0.3) is 0 Å². The summed E-state index contributed by atoms with van der Waals surface area (Å²) in [6, 6.07) is 2.06.